The van der Waals surface area contributed by atoms with Gasteiger partial charge in [0.25, 0.3) is 0 Å². The Morgan fingerprint density at radius 3 is 1.38 bits per heavy atom. The third kappa shape index (κ3) is 5.80. The normalized spacial score (nSPS) is 19.3. The molecule has 2 atom stereocenters. The Kier molecular flexibility index (Phi) is 8.21. The van der Waals surface area contributed by atoms with Crippen molar-refractivity contribution >= 4 is 19.1 Å². The van der Waals surface area contributed by atoms with Crippen LogP contribution in [0.25, 0.3) is 34.4 Å². The number of unbranched alkanes of at least 4 members (excludes halogenated alkanes) is 3. The van der Waals surface area contributed by atoms with Gasteiger partial charge < -0.3 is 0 Å². The zero-order valence-electron chi connectivity index (χ0n) is 30.4. The van der Waals surface area contributed by atoms with Gasteiger partial charge in [-0.25, -0.2) is 0 Å². The fourth-order valence-electron chi connectivity index (χ4n) is 9.70. The third-order valence-corrected chi connectivity index (χ3v) is 59.0. The van der Waals surface area contributed by atoms with Crippen molar-refractivity contribution in [2.24, 2.45) is 0 Å². The van der Waals surface area contributed by atoms with E-state index in [9.17, 15) is 0 Å². The van der Waals surface area contributed by atoms with Gasteiger partial charge in [-0.2, -0.15) is 0 Å². The van der Waals surface area contributed by atoms with Crippen molar-refractivity contribution in [2.45, 2.75) is 97.7 Å². The van der Waals surface area contributed by atoms with E-state index in [1.54, 1.807) is 11.1 Å². The fourth-order valence-corrected chi connectivity index (χ4v) is 48.8. The van der Waals surface area contributed by atoms with Crippen LogP contribution in [-0.2, 0) is 14.2 Å². The molecule has 0 aromatic heterocycles. The van der Waals surface area contributed by atoms with Gasteiger partial charge in [0.05, 0.1) is 0 Å². The molecule has 2 heteroatoms. The van der Waals surface area contributed by atoms with Crippen LogP contribution in [0.15, 0.2) is 97.1 Å². The van der Waals surface area contributed by atoms with Gasteiger partial charge in [-0.1, -0.05) is 0 Å². The quantitative estimate of drug-likeness (QED) is 0.105. The first-order chi connectivity index (χ1) is 22.1. The van der Waals surface area contributed by atoms with Gasteiger partial charge in [0, 0.05) is 0 Å². The van der Waals surface area contributed by atoms with Crippen LogP contribution in [0.5, 0.6) is 0 Å². The van der Waals surface area contributed by atoms with E-state index in [1.165, 1.54) is 74.4 Å². The number of hydrogen-bond acceptors (Lipinski definition) is 0. The molecule has 0 N–H and O–H groups in total. The molecule has 0 amide bonds. The molecular formula is C45H58HfSi. The average Bonchev–Trinajstić information content (AvgIpc) is 3.70. The number of fused-ring (bicyclic) bond motifs is 2. The molecule has 0 spiro atoms. The van der Waals surface area contributed by atoms with Crippen LogP contribution in [0, 0.1) is 0 Å². The summed E-state index contributed by atoms with van der Waals surface area (Å²) in [5.74, 6) is 1.08. The predicted octanol–water partition coefficient (Wildman–Crippen LogP) is 13.6. The van der Waals surface area contributed by atoms with E-state index in [4.69, 9.17) is 0 Å². The molecule has 4 aromatic rings. The topological polar surface area (TPSA) is 0 Å². The first-order valence-corrected chi connectivity index (χ1v) is 44.3. The van der Waals surface area contributed by atoms with Gasteiger partial charge in [0.15, 0.2) is 0 Å². The summed E-state index contributed by atoms with van der Waals surface area (Å²) in [5, 5.41) is 0. The van der Waals surface area contributed by atoms with E-state index >= 15 is 0 Å². The van der Waals surface area contributed by atoms with Crippen molar-refractivity contribution in [3.63, 3.8) is 0 Å². The standard InChI is InChI=1S/2C18H17.C6H13.3CH3.Hf.H2Si/c2*1-13(2)14-9-11-16(12-10-14)18-8-4-6-15-5-3-7-17(15)18;1-3-5-6-4-2;;;;;/h2*3-13H,1-2H3;1,3-6H2,2H3;3*1H3;;1H2. The van der Waals surface area contributed by atoms with Crippen LogP contribution in [0.3, 0.4) is 0 Å². The second-order valence-corrected chi connectivity index (χ2v) is 101. The first kappa shape index (κ1) is 34.3. The Labute approximate surface area is 281 Å². The summed E-state index contributed by atoms with van der Waals surface area (Å²) >= 11 is -4.97. The molecule has 0 fully saturated rings. The number of hydrogen-bond donors (Lipinski definition) is 0. The van der Waals surface area contributed by atoms with Gasteiger partial charge in [-0.3, -0.25) is 0 Å². The molecule has 2 unspecified atom stereocenters. The zero-order valence-corrected chi connectivity index (χ0v) is 35.5. The number of benzene rings is 4. The van der Waals surface area contributed by atoms with Crippen LogP contribution in [0.1, 0.15) is 113 Å². The van der Waals surface area contributed by atoms with Crippen LogP contribution in [0.2, 0.25) is 18.2 Å². The molecule has 0 saturated carbocycles. The molecule has 47 heavy (non-hydrogen) atoms. The number of allylic oxidation sites excluding steroid dienone is 2. The number of rotatable bonds is 11. The molecule has 0 saturated heterocycles. The van der Waals surface area contributed by atoms with Crippen molar-refractivity contribution in [1.82, 2.24) is 0 Å². The van der Waals surface area contributed by atoms with Crippen molar-refractivity contribution in [2.75, 3.05) is 0 Å². The summed E-state index contributed by atoms with van der Waals surface area (Å²) in [7, 11) is 0. The Morgan fingerprint density at radius 1 is 0.574 bits per heavy atom. The van der Waals surface area contributed by atoms with Gasteiger partial charge >= 0.3 is 284 Å². The summed E-state index contributed by atoms with van der Waals surface area (Å²) in [6.45, 7) is 14.0. The molecular weight excluding hydrogens is 747 g/mol. The maximum atomic E-state index is 2.86. The summed E-state index contributed by atoms with van der Waals surface area (Å²) in [6.07, 6.45) is 15.5. The molecule has 4 aromatic carbocycles. The van der Waals surface area contributed by atoms with Crippen LogP contribution in [0.4, 0.5) is 0 Å². The summed E-state index contributed by atoms with van der Waals surface area (Å²) in [5.41, 5.74) is 14.2. The van der Waals surface area contributed by atoms with E-state index in [1.807, 2.05) is 0 Å². The van der Waals surface area contributed by atoms with Crippen molar-refractivity contribution < 1.29 is 14.2 Å². The van der Waals surface area contributed by atoms with E-state index in [2.05, 4.69) is 165 Å². The van der Waals surface area contributed by atoms with E-state index in [-0.39, 0.29) is 0 Å². The Balaban J connectivity index is 1.51. The predicted molar refractivity (Wildman–Crippen MR) is 211 cm³/mol. The van der Waals surface area contributed by atoms with Gasteiger partial charge in [0.1, 0.15) is 0 Å². The fraction of sp³-hybridized carbons (Fsp3) is 0.378. The molecule has 0 heterocycles. The first-order valence-electron chi connectivity index (χ1n) is 18.5. The second-order valence-electron chi connectivity index (χ2n) is 19.2. The van der Waals surface area contributed by atoms with Crippen LogP contribution >= 0.6 is 0 Å². The molecule has 0 aliphatic heterocycles. The minimum atomic E-state index is -4.97. The summed E-state index contributed by atoms with van der Waals surface area (Å²) < 4.78 is 10.8. The van der Waals surface area contributed by atoms with E-state index < -0.39 is 14.2 Å². The molecule has 0 nitrogen and oxygen atoms in total. The van der Waals surface area contributed by atoms with Gasteiger partial charge in [-0.05, 0) is 0 Å². The summed E-state index contributed by atoms with van der Waals surface area (Å²) in [4.78, 5) is 0. The Bertz CT molecular complexity index is 1870. The van der Waals surface area contributed by atoms with Gasteiger partial charge in [-0.15, -0.1) is 0 Å². The molecule has 0 bridgehead atoms. The summed E-state index contributed by atoms with van der Waals surface area (Å²) in [6, 6.07) is 33.0. The van der Waals surface area contributed by atoms with Crippen molar-refractivity contribution in [1.29, 1.82) is 0 Å². The molecule has 6 rings (SSSR count). The third-order valence-electron chi connectivity index (χ3n) is 13.0. The second kappa shape index (κ2) is 11.2. The minimum absolute atomic E-state index is 0.429. The van der Waals surface area contributed by atoms with Gasteiger partial charge in [0.2, 0.25) is 0 Å². The molecule has 2 aliphatic carbocycles. The van der Waals surface area contributed by atoms with E-state index in [0.29, 0.717) is 19.2 Å². The zero-order chi connectivity index (χ0) is 33.7. The van der Waals surface area contributed by atoms with Crippen molar-refractivity contribution in [3.05, 3.63) is 130 Å². The Hall–Kier alpha value is -2.55. The Morgan fingerprint density at radius 2 is 1.00 bits per heavy atom. The monoisotopic (exact) mass is 806 g/mol. The van der Waals surface area contributed by atoms with Crippen molar-refractivity contribution in [3.8, 4) is 22.3 Å². The molecule has 0 radical (unpaired) electrons. The molecule has 246 valence electrons. The van der Waals surface area contributed by atoms with E-state index in [0.717, 1.165) is 0 Å². The maximum absolute atomic E-state index is 4.97. The average molecular weight is 806 g/mol. The SMILES string of the molecule is CCCCC[CH2][Hf]([CH3])([CH3])([CH3])(=[SiH2])([CH]1C=Cc2c(-c3ccc(C(C)C)cc3)cccc21)[CH]1C=Cc2c(-c3ccc(C(C)C)cc3)cccc21. The molecule has 2 aliphatic rings. The van der Waals surface area contributed by atoms with Crippen LogP contribution in [-0.4, -0.2) is 6.94 Å². The van der Waals surface area contributed by atoms with Crippen LogP contribution < -0.4 is 0 Å².